The van der Waals surface area contributed by atoms with Crippen LogP contribution in [0.25, 0.3) is 0 Å². The van der Waals surface area contributed by atoms with Gasteiger partial charge in [-0.1, -0.05) is 22.0 Å². The normalized spacial score (nSPS) is 12.8. The third kappa shape index (κ3) is 2.72. The third-order valence-corrected chi connectivity index (χ3v) is 4.73. The van der Waals surface area contributed by atoms with Gasteiger partial charge in [0.25, 0.3) is 0 Å². The summed E-state index contributed by atoms with van der Waals surface area (Å²) in [6.45, 7) is 4.12. The van der Waals surface area contributed by atoms with Crippen LogP contribution in [0.4, 0.5) is 4.39 Å². The zero-order valence-corrected chi connectivity index (χ0v) is 12.6. The fourth-order valence-electron chi connectivity index (χ4n) is 1.78. The van der Waals surface area contributed by atoms with E-state index in [1.807, 2.05) is 0 Å². The number of hydrogen-bond donors (Lipinski definition) is 0. The van der Waals surface area contributed by atoms with Gasteiger partial charge in [0.05, 0.1) is 5.38 Å². The lowest BCUT2D eigenvalue weighted by molar-refractivity contribution is 0.626. The van der Waals surface area contributed by atoms with Gasteiger partial charge in [-0.2, -0.15) is 0 Å². The molecular formula is C13H11BrClFS. The molecule has 1 heterocycles. The summed E-state index contributed by atoms with van der Waals surface area (Å²) in [6.07, 6.45) is 0. The molecule has 0 fully saturated rings. The predicted molar refractivity (Wildman–Crippen MR) is 75.6 cm³/mol. The molecule has 0 bridgehead atoms. The first kappa shape index (κ1) is 13.1. The standard InChI is InChI=1S/C13H11BrClFS/c1-7-5-11(8(2)17-7)13(15)10-4-3-9(16)6-12(10)14/h3-6,13H,1-2H3. The number of aryl methyl sites for hydroxylation is 2. The van der Waals surface area contributed by atoms with Crippen molar-refractivity contribution in [2.24, 2.45) is 0 Å². The van der Waals surface area contributed by atoms with Crippen LogP contribution in [0.1, 0.15) is 26.3 Å². The summed E-state index contributed by atoms with van der Waals surface area (Å²) in [5.41, 5.74) is 2.00. The zero-order valence-electron chi connectivity index (χ0n) is 9.43. The summed E-state index contributed by atoms with van der Waals surface area (Å²) in [6, 6.07) is 6.69. The van der Waals surface area contributed by atoms with E-state index < -0.39 is 0 Å². The minimum atomic E-state index is -0.261. The van der Waals surface area contributed by atoms with Crippen LogP contribution in [0.3, 0.4) is 0 Å². The quantitative estimate of drug-likeness (QED) is 0.628. The third-order valence-electron chi connectivity index (χ3n) is 2.59. The van der Waals surface area contributed by atoms with Gasteiger partial charge in [0.15, 0.2) is 0 Å². The number of halogens is 3. The van der Waals surface area contributed by atoms with Crippen molar-refractivity contribution in [3.63, 3.8) is 0 Å². The van der Waals surface area contributed by atoms with Crippen LogP contribution in [0.15, 0.2) is 28.7 Å². The molecule has 4 heteroatoms. The van der Waals surface area contributed by atoms with Gasteiger partial charge in [-0.25, -0.2) is 4.39 Å². The first-order valence-corrected chi connectivity index (χ1v) is 7.19. The molecule has 1 aromatic carbocycles. The molecule has 0 aliphatic heterocycles. The van der Waals surface area contributed by atoms with Gasteiger partial charge in [-0.3, -0.25) is 0 Å². The van der Waals surface area contributed by atoms with Crippen molar-refractivity contribution in [3.05, 3.63) is 55.4 Å². The van der Waals surface area contributed by atoms with E-state index >= 15 is 0 Å². The van der Waals surface area contributed by atoms with Crippen LogP contribution >= 0.6 is 38.9 Å². The second kappa shape index (κ2) is 5.09. The van der Waals surface area contributed by atoms with E-state index in [0.717, 1.165) is 11.1 Å². The molecule has 1 unspecified atom stereocenters. The largest absolute Gasteiger partial charge is 0.207 e. The number of hydrogen-bond acceptors (Lipinski definition) is 1. The van der Waals surface area contributed by atoms with Gasteiger partial charge in [-0.05, 0) is 43.2 Å². The lowest BCUT2D eigenvalue weighted by atomic mass is 10.0. The highest BCUT2D eigenvalue weighted by atomic mass is 79.9. The van der Waals surface area contributed by atoms with Crippen molar-refractivity contribution in [2.45, 2.75) is 19.2 Å². The summed E-state index contributed by atoms with van der Waals surface area (Å²) in [7, 11) is 0. The minimum Gasteiger partial charge on any atom is -0.207 e. The molecule has 17 heavy (non-hydrogen) atoms. The number of alkyl halides is 1. The first-order chi connectivity index (χ1) is 7.99. The van der Waals surface area contributed by atoms with E-state index in [-0.39, 0.29) is 11.2 Å². The second-order valence-corrected chi connectivity index (χ2v) is 6.65. The Kier molecular flexibility index (Phi) is 3.91. The van der Waals surface area contributed by atoms with E-state index in [4.69, 9.17) is 11.6 Å². The van der Waals surface area contributed by atoms with Crippen LogP contribution in [0.2, 0.25) is 0 Å². The van der Waals surface area contributed by atoms with Crippen LogP contribution in [-0.2, 0) is 0 Å². The molecule has 0 saturated heterocycles. The van der Waals surface area contributed by atoms with Gasteiger partial charge >= 0.3 is 0 Å². The van der Waals surface area contributed by atoms with Crippen molar-refractivity contribution in [1.29, 1.82) is 0 Å². The van der Waals surface area contributed by atoms with Crippen LogP contribution < -0.4 is 0 Å². The van der Waals surface area contributed by atoms with Gasteiger partial charge in [-0.15, -0.1) is 22.9 Å². The van der Waals surface area contributed by atoms with Crippen LogP contribution in [0.5, 0.6) is 0 Å². The van der Waals surface area contributed by atoms with E-state index in [2.05, 4.69) is 35.8 Å². The molecule has 0 amide bonds. The van der Waals surface area contributed by atoms with Crippen molar-refractivity contribution < 1.29 is 4.39 Å². The highest BCUT2D eigenvalue weighted by Crippen LogP contribution is 2.38. The highest BCUT2D eigenvalue weighted by Gasteiger charge is 2.18. The molecule has 0 saturated carbocycles. The predicted octanol–water partition coefficient (Wildman–Crippen LogP) is 5.59. The summed E-state index contributed by atoms with van der Waals surface area (Å²) >= 11 is 11.5. The smallest absolute Gasteiger partial charge is 0.124 e. The maximum Gasteiger partial charge on any atom is 0.124 e. The number of thiophene rings is 1. The van der Waals surface area contributed by atoms with Crippen LogP contribution in [-0.4, -0.2) is 0 Å². The van der Waals surface area contributed by atoms with Crippen molar-refractivity contribution in [1.82, 2.24) is 0 Å². The monoisotopic (exact) mass is 332 g/mol. The van der Waals surface area contributed by atoms with Crippen molar-refractivity contribution in [3.8, 4) is 0 Å². The topological polar surface area (TPSA) is 0 Å². The second-order valence-electron chi connectivity index (χ2n) is 3.90. The Labute approximate surface area is 118 Å². The molecule has 0 aliphatic carbocycles. The van der Waals surface area contributed by atoms with Gasteiger partial charge in [0, 0.05) is 14.2 Å². The Morgan fingerprint density at radius 2 is 1.94 bits per heavy atom. The SMILES string of the molecule is Cc1cc(C(Cl)c2ccc(F)cc2Br)c(C)s1. The summed E-state index contributed by atoms with van der Waals surface area (Å²) in [5.74, 6) is -0.261. The molecule has 2 rings (SSSR count). The van der Waals surface area contributed by atoms with E-state index in [1.54, 1.807) is 17.4 Å². The average Bonchev–Trinajstić information content (AvgIpc) is 2.57. The first-order valence-electron chi connectivity index (χ1n) is 5.15. The Balaban J connectivity index is 2.43. The summed E-state index contributed by atoms with van der Waals surface area (Å²) < 4.78 is 13.7. The zero-order chi connectivity index (χ0) is 12.6. The van der Waals surface area contributed by atoms with E-state index in [0.29, 0.717) is 4.47 Å². The molecule has 1 atom stereocenters. The molecular weight excluding hydrogens is 323 g/mol. The molecule has 0 spiro atoms. The van der Waals surface area contributed by atoms with Crippen LogP contribution in [0, 0.1) is 19.7 Å². The van der Waals surface area contributed by atoms with E-state index in [9.17, 15) is 4.39 Å². The maximum atomic E-state index is 13.0. The lowest BCUT2D eigenvalue weighted by Crippen LogP contribution is -1.95. The fraction of sp³-hybridized carbons (Fsp3) is 0.231. The van der Waals surface area contributed by atoms with Gasteiger partial charge < -0.3 is 0 Å². The Morgan fingerprint density at radius 3 is 2.47 bits per heavy atom. The molecule has 0 N–H and O–H groups in total. The highest BCUT2D eigenvalue weighted by molar-refractivity contribution is 9.10. The van der Waals surface area contributed by atoms with E-state index in [1.165, 1.54) is 21.9 Å². The molecule has 1 aromatic heterocycles. The Hall–Kier alpha value is -0.380. The molecule has 0 radical (unpaired) electrons. The molecule has 0 aliphatic rings. The minimum absolute atomic E-state index is 0.241. The van der Waals surface area contributed by atoms with Gasteiger partial charge in [0.2, 0.25) is 0 Å². The Bertz CT molecular complexity index is 550. The number of rotatable bonds is 2. The maximum absolute atomic E-state index is 13.0. The average molecular weight is 334 g/mol. The summed E-state index contributed by atoms with van der Waals surface area (Å²) in [5, 5.41) is -0.241. The Morgan fingerprint density at radius 1 is 1.24 bits per heavy atom. The summed E-state index contributed by atoms with van der Waals surface area (Å²) in [4.78, 5) is 2.44. The molecule has 90 valence electrons. The lowest BCUT2D eigenvalue weighted by Gasteiger charge is -2.11. The van der Waals surface area contributed by atoms with Crippen molar-refractivity contribution >= 4 is 38.9 Å². The molecule has 2 aromatic rings. The number of benzene rings is 1. The molecule has 0 nitrogen and oxygen atoms in total. The fourth-order valence-corrected chi connectivity index (χ4v) is 3.93. The van der Waals surface area contributed by atoms with Crippen molar-refractivity contribution in [2.75, 3.05) is 0 Å². The van der Waals surface area contributed by atoms with Gasteiger partial charge in [0.1, 0.15) is 5.82 Å².